The molecule has 0 saturated heterocycles. The topological polar surface area (TPSA) is 68.4 Å². The number of hydrazine groups is 2. The zero-order valence-electron chi connectivity index (χ0n) is 11.5. The van der Waals surface area contributed by atoms with Crippen molar-refractivity contribution in [3.8, 4) is 0 Å². The molecular weight excluding hydrogens is 226 g/mol. The van der Waals surface area contributed by atoms with Crippen molar-refractivity contribution >= 4 is 11.6 Å². The van der Waals surface area contributed by atoms with Crippen LogP contribution in [0.2, 0.25) is 0 Å². The smallest absolute Gasteiger partial charge is 0.214 e. The first-order chi connectivity index (χ1) is 8.49. The Balaban J connectivity index is 2.98. The predicted molar refractivity (Wildman–Crippen MR) is 76.1 cm³/mol. The van der Waals surface area contributed by atoms with E-state index in [1.54, 1.807) is 5.01 Å². The van der Waals surface area contributed by atoms with Gasteiger partial charge in [-0.05, 0) is 39.8 Å². The molecule has 0 atom stereocenters. The number of nitrogens with two attached hydrogens (primary N) is 1. The molecule has 0 radical (unpaired) electrons. The Kier molecular flexibility index (Phi) is 5.12. The van der Waals surface area contributed by atoms with Crippen molar-refractivity contribution in [2.24, 2.45) is 5.84 Å². The molecule has 0 aliphatic carbocycles. The van der Waals surface area contributed by atoms with Crippen LogP contribution in [0.4, 0.5) is 5.69 Å². The van der Waals surface area contributed by atoms with E-state index in [-0.39, 0.29) is 12.1 Å². The third-order valence-electron chi connectivity index (χ3n) is 2.71. The van der Waals surface area contributed by atoms with Crippen LogP contribution in [-0.2, 0) is 0 Å². The van der Waals surface area contributed by atoms with Gasteiger partial charge < -0.3 is 4.90 Å². The van der Waals surface area contributed by atoms with E-state index in [1.807, 2.05) is 35.2 Å². The van der Waals surface area contributed by atoms with E-state index in [0.29, 0.717) is 5.96 Å². The van der Waals surface area contributed by atoms with E-state index in [1.165, 1.54) is 0 Å². The zero-order valence-corrected chi connectivity index (χ0v) is 11.5. The average molecular weight is 249 g/mol. The summed E-state index contributed by atoms with van der Waals surface area (Å²) in [6.07, 6.45) is 0. The number of hydrogen-bond acceptors (Lipinski definition) is 3. The summed E-state index contributed by atoms with van der Waals surface area (Å²) in [4.78, 5) is 1.99. The summed E-state index contributed by atoms with van der Waals surface area (Å²) in [7, 11) is 0. The molecule has 0 amide bonds. The highest BCUT2D eigenvalue weighted by molar-refractivity contribution is 5.93. The lowest BCUT2D eigenvalue weighted by Crippen LogP contribution is -2.57. The van der Waals surface area contributed by atoms with E-state index in [4.69, 9.17) is 11.3 Å². The number of nitrogens with zero attached hydrogens (tertiary/aromatic N) is 2. The number of hydrogen-bond donors (Lipinski definition) is 3. The summed E-state index contributed by atoms with van der Waals surface area (Å²) in [5.41, 5.74) is 3.42. The predicted octanol–water partition coefficient (Wildman–Crippen LogP) is 1.92. The summed E-state index contributed by atoms with van der Waals surface area (Å²) in [5.74, 6) is 5.89. The number of anilines is 1. The molecule has 1 rings (SSSR count). The Labute approximate surface area is 109 Å². The minimum atomic E-state index is 0.233. The lowest BCUT2D eigenvalue weighted by atomic mass is 10.2. The summed E-state index contributed by atoms with van der Waals surface area (Å²) >= 11 is 0. The van der Waals surface area contributed by atoms with Gasteiger partial charge >= 0.3 is 0 Å². The summed E-state index contributed by atoms with van der Waals surface area (Å²) < 4.78 is 0. The Bertz CT molecular complexity index is 366. The molecule has 0 aliphatic heterocycles. The highest BCUT2D eigenvalue weighted by atomic mass is 15.7. The molecule has 0 fully saturated rings. The molecule has 18 heavy (non-hydrogen) atoms. The Hall–Kier alpha value is -1.59. The van der Waals surface area contributed by atoms with Crippen molar-refractivity contribution in [3.05, 3.63) is 30.3 Å². The van der Waals surface area contributed by atoms with Gasteiger partial charge in [0.05, 0.1) is 5.69 Å². The van der Waals surface area contributed by atoms with Crippen LogP contribution in [0.25, 0.3) is 0 Å². The average Bonchev–Trinajstić information content (AvgIpc) is 2.30. The number of benzene rings is 1. The second-order valence-electron chi connectivity index (χ2n) is 4.72. The molecule has 0 aromatic heterocycles. The van der Waals surface area contributed by atoms with Crippen LogP contribution >= 0.6 is 0 Å². The maximum Gasteiger partial charge on any atom is 0.214 e. The van der Waals surface area contributed by atoms with E-state index in [0.717, 1.165) is 5.69 Å². The lowest BCUT2D eigenvalue weighted by molar-refractivity contribution is 0.282. The van der Waals surface area contributed by atoms with Gasteiger partial charge in [-0.1, -0.05) is 18.2 Å². The molecule has 1 aromatic carbocycles. The van der Waals surface area contributed by atoms with Crippen LogP contribution in [0, 0.1) is 5.41 Å². The van der Waals surface area contributed by atoms with Gasteiger partial charge in [-0.3, -0.25) is 11.3 Å². The second-order valence-corrected chi connectivity index (χ2v) is 4.72. The molecule has 4 N–H and O–H groups in total. The first-order valence-corrected chi connectivity index (χ1v) is 6.17. The maximum absolute atomic E-state index is 8.31. The SMILES string of the molecule is CC(C)N(C(=N)N(NN)c1ccccc1)C(C)C. The van der Waals surface area contributed by atoms with Crippen LogP contribution in [0.5, 0.6) is 0 Å². The Morgan fingerprint density at radius 1 is 1.11 bits per heavy atom. The fourth-order valence-corrected chi connectivity index (χ4v) is 2.04. The maximum atomic E-state index is 8.31. The van der Waals surface area contributed by atoms with Gasteiger partial charge in [-0.25, -0.2) is 5.01 Å². The molecule has 1 aromatic rings. The largest absolute Gasteiger partial charge is 0.337 e. The molecule has 0 saturated carbocycles. The fraction of sp³-hybridized carbons (Fsp3) is 0.462. The van der Waals surface area contributed by atoms with Crippen LogP contribution in [0.1, 0.15) is 27.7 Å². The summed E-state index contributed by atoms with van der Waals surface area (Å²) in [5, 5.41) is 9.88. The first-order valence-electron chi connectivity index (χ1n) is 6.17. The van der Waals surface area contributed by atoms with Crippen LogP contribution < -0.4 is 16.4 Å². The van der Waals surface area contributed by atoms with E-state index in [2.05, 4.69) is 33.2 Å². The number of rotatable bonds is 4. The standard InChI is InChI=1S/C13H23N5/c1-10(2)17(11(3)4)13(14)18(16-15)12-8-6-5-7-9-12/h5-11,14,16H,15H2,1-4H3. The Morgan fingerprint density at radius 3 is 2.00 bits per heavy atom. The number of nitrogens with one attached hydrogen (secondary N) is 2. The lowest BCUT2D eigenvalue weighted by Gasteiger charge is -2.37. The number of para-hydroxylation sites is 1. The monoisotopic (exact) mass is 249 g/mol. The molecule has 0 heterocycles. The molecule has 0 spiro atoms. The molecule has 5 nitrogen and oxygen atoms in total. The normalized spacial score (nSPS) is 10.8. The van der Waals surface area contributed by atoms with Gasteiger partial charge in [-0.2, -0.15) is 5.53 Å². The first kappa shape index (κ1) is 14.5. The van der Waals surface area contributed by atoms with Crippen molar-refractivity contribution in [1.82, 2.24) is 10.4 Å². The summed E-state index contributed by atoms with van der Waals surface area (Å²) in [6.45, 7) is 8.25. The Morgan fingerprint density at radius 2 is 1.61 bits per heavy atom. The van der Waals surface area contributed by atoms with Gasteiger partial charge in [0, 0.05) is 12.1 Å². The summed E-state index contributed by atoms with van der Waals surface area (Å²) in [6, 6.07) is 10.1. The highest BCUT2D eigenvalue weighted by Gasteiger charge is 2.22. The minimum absolute atomic E-state index is 0.233. The van der Waals surface area contributed by atoms with Gasteiger partial charge in [0.15, 0.2) is 0 Å². The zero-order chi connectivity index (χ0) is 13.7. The van der Waals surface area contributed by atoms with Gasteiger partial charge in [-0.15, -0.1) is 0 Å². The van der Waals surface area contributed by atoms with Crippen molar-refractivity contribution in [1.29, 1.82) is 5.41 Å². The minimum Gasteiger partial charge on any atom is -0.337 e. The van der Waals surface area contributed by atoms with Crippen LogP contribution in [-0.4, -0.2) is 22.9 Å². The third-order valence-corrected chi connectivity index (χ3v) is 2.71. The van der Waals surface area contributed by atoms with Crippen molar-refractivity contribution in [2.45, 2.75) is 39.8 Å². The third kappa shape index (κ3) is 3.21. The fourth-order valence-electron chi connectivity index (χ4n) is 2.04. The van der Waals surface area contributed by atoms with Crippen LogP contribution in [0.15, 0.2) is 30.3 Å². The van der Waals surface area contributed by atoms with E-state index in [9.17, 15) is 0 Å². The molecule has 0 bridgehead atoms. The van der Waals surface area contributed by atoms with E-state index >= 15 is 0 Å². The molecular formula is C13H23N5. The van der Waals surface area contributed by atoms with Crippen molar-refractivity contribution in [2.75, 3.05) is 5.01 Å². The van der Waals surface area contributed by atoms with Gasteiger partial charge in [0.2, 0.25) is 5.96 Å². The molecule has 0 aliphatic rings. The number of guanidine groups is 1. The van der Waals surface area contributed by atoms with Crippen LogP contribution in [0.3, 0.4) is 0 Å². The quantitative estimate of drug-likeness (QED) is 0.330. The van der Waals surface area contributed by atoms with Gasteiger partial charge in [0.25, 0.3) is 0 Å². The second kappa shape index (κ2) is 6.37. The molecule has 5 heteroatoms. The highest BCUT2D eigenvalue weighted by Crippen LogP contribution is 2.15. The van der Waals surface area contributed by atoms with Crippen molar-refractivity contribution in [3.63, 3.8) is 0 Å². The molecule has 0 unspecified atom stereocenters. The van der Waals surface area contributed by atoms with E-state index < -0.39 is 0 Å². The van der Waals surface area contributed by atoms with Gasteiger partial charge in [0.1, 0.15) is 0 Å². The molecule has 100 valence electrons. The van der Waals surface area contributed by atoms with Crippen molar-refractivity contribution < 1.29 is 0 Å².